The van der Waals surface area contributed by atoms with Crippen molar-refractivity contribution in [3.8, 4) is 28.4 Å². The van der Waals surface area contributed by atoms with Gasteiger partial charge in [0, 0.05) is 19.0 Å². The predicted molar refractivity (Wildman–Crippen MR) is 162 cm³/mol. The zero-order valence-electron chi connectivity index (χ0n) is 24.1. The fourth-order valence-electron chi connectivity index (χ4n) is 5.17. The van der Waals surface area contributed by atoms with Gasteiger partial charge in [-0.05, 0) is 29.3 Å². The van der Waals surface area contributed by atoms with Crippen molar-refractivity contribution < 1.29 is 42.0 Å². The van der Waals surface area contributed by atoms with Gasteiger partial charge >= 0.3 is 5.97 Å². The Kier molecular flexibility index (Phi) is 9.33. The SMILES string of the molecule is CC(=O)OCCOCCNS(=O)(=O)c1ccc(-c2ccc(-c3nc4nc(O[C@@H]5CO[C@H]6[C@@H]5OC[C@H]6O)[nH]c4cc3Cl)cc2)cc1. The molecule has 0 bridgehead atoms. The van der Waals surface area contributed by atoms with Gasteiger partial charge in [-0.25, -0.2) is 18.1 Å². The van der Waals surface area contributed by atoms with Crippen LogP contribution >= 0.6 is 11.6 Å². The van der Waals surface area contributed by atoms with Gasteiger partial charge in [-0.2, -0.15) is 4.98 Å². The van der Waals surface area contributed by atoms with E-state index in [1.165, 1.54) is 19.1 Å². The monoisotopic (exact) mass is 658 g/mol. The van der Waals surface area contributed by atoms with E-state index in [4.69, 9.17) is 35.3 Å². The van der Waals surface area contributed by atoms with Crippen LogP contribution in [0.3, 0.4) is 0 Å². The number of esters is 1. The van der Waals surface area contributed by atoms with Crippen molar-refractivity contribution in [2.75, 3.05) is 39.6 Å². The molecule has 4 aromatic rings. The van der Waals surface area contributed by atoms with Crippen molar-refractivity contribution in [3.05, 3.63) is 59.6 Å². The Hall–Kier alpha value is -3.63. The molecule has 0 saturated carbocycles. The van der Waals surface area contributed by atoms with Gasteiger partial charge in [-0.1, -0.05) is 48.0 Å². The van der Waals surface area contributed by atoms with Crippen molar-refractivity contribution in [1.82, 2.24) is 19.7 Å². The van der Waals surface area contributed by atoms with Crippen molar-refractivity contribution >= 4 is 38.8 Å². The Balaban J connectivity index is 1.08. The van der Waals surface area contributed by atoms with E-state index in [1.807, 2.05) is 24.3 Å². The number of hydrogen-bond acceptors (Lipinski definition) is 11. The summed E-state index contributed by atoms with van der Waals surface area (Å²) in [5, 5.41) is 10.4. The Labute approximate surface area is 263 Å². The number of halogens is 1. The van der Waals surface area contributed by atoms with Gasteiger partial charge in [0.2, 0.25) is 10.0 Å². The molecular weight excluding hydrogens is 628 g/mol. The first-order chi connectivity index (χ1) is 21.7. The molecular formula is C30H31ClN4O9S. The molecule has 238 valence electrons. The number of aliphatic hydroxyl groups is 1. The molecule has 0 aliphatic carbocycles. The summed E-state index contributed by atoms with van der Waals surface area (Å²) in [7, 11) is -3.72. The highest BCUT2D eigenvalue weighted by atomic mass is 35.5. The first-order valence-corrected chi connectivity index (χ1v) is 16.1. The maximum absolute atomic E-state index is 12.6. The highest BCUT2D eigenvalue weighted by Gasteiger charge is 2.48. The number of aromatic nitrogens is 3. The van der Waals surface area contributed by atoms with Crippen LogP contribution in [0.4, 0.5) is 0 Å². The molecule has 4 atom stereocenters. The molecule has 2 aromatic carbocycles. The number of fused-ring (bicyclic) bond motifs is 2. The van der Waals surface area contributed by atoms with Crippen molar-refractivity contribution in [1.29, 1.82) is 0 Å². The van der Waals surface area contributed by atoms with Crippen LogP contribution in [-0.4, -0.2) is 98.4 Å². The van der Waals surface area contributed by atoms with Gasteiger partial charge in [0.1, 0.15) is 24.9 Å². The van der Waals surface area contributed by atoms with Crippen LogP contribution in [-0.2, 0) is 33.8 Å². The smallest absolute Gasteiger partial charge is 0.302 e. The number of nitrogens with one attached hydrogen (secondary N) is 2. The number of rotatable bonds is 12. The van der Waals surface area contributed by atoms with Crippen LogP contribution in [0.15, 0.2) is 59.5 Å². The molecule has 0 spiro atoms. The van der Waals surface area contributed by atoms with E-state index >= 15 is 0 Å². The Morgan fingerprint density at radius 2 is 1.69 bits per heavy atom. The number of aliphatic hydroxyl groups excluding tert-OH is 1. The van der Waals surface area contributed by atoms with Crippen molar-refractivity contribution in [2.45, 2.75) is 36.2 Å². The second-order valence-electron chi connectivity index (χ2n) is 10.5. The Morgan fingerprint density at radius 3 is 2.42 bits per heavy atom. The third kappa shape index (κ3) is 7.12. The number of benzene rings is 2. The summed E-state index contributed by atoms with van der Waals surface area (Å²) >= 11 is 6.59. The molecule has 45 heavy (non-hydrogen) atoms. The van der Waals surface area contributed by atoms with Crippen LogP contribution in [0.1, 0.15) is 6.92 Å². The summed E-state index contributed by atoms with van der Waals surface area (Å²) in [4.78, 5) is 23.1. The van der Waals surface area contributed by atoms with Crippen LogP contribution < -0.4 is 9.46 Å². The van der Waals surface area contributed by atoms with Crippen LogP contribution in [0.5, 0.6) is 6.01 Å². The molecule has 13 nitrogen and oxygen atoms in total. The third-order valence-electron chi connectivity index (χ3n) is 7.38. The van der Waals surface area contributed by atoms with Crippen molar-refractivity contribution in [2.24, 2.45) is 0 Å². The maximum atomic E-state index is 12.6. The van der Waals surface area contributed by atoms with Gasteiger partial charge in [-0.15, -0.1) is 0 Å². The zero-order valence-corrected chi connectivity index (χ0v) is 25.7. The van der Waals surface area contributed by atoms with E-state index in [2.05, 4.69) is 19.7 Å². The summed E-state index contributed by atoms with van der Waals surface area (Å²) in [6, 6.07) is 16.1. The minimum Gasteiger partial charge on any atom is -0.463 e. The lowest BCUT2D eigenvalue weighted by Gasteiger charge is -2.15. The number of nitrogens with zero attached hydrogens (tertiary/aromatic N) is 2. The number of aromatic amines is 1. The molecule has 0 radical (unpaired) electrons. The van der Waals surface area contributed by atoms with E-state index in [-0.39, 0.29) is 56.6 Å². The lowest BCUT2D eigenvalue weighted by molar-refractivity contribution is -0.142. The fraction of sp³-hybridized carbons (Fsp3) is 0.367. The topological polar surface area (TPSA) is 171 Å². The normalized spacial score (nSPS) is 21.2. The number of sulfonamides is 1. The second kappa shape index (κ2) is 13.4. The van der Waals surface area contributed by atoms with Gasteiger partial charge < -0.3 is 33.8 Å². The van der Waals surface area contributed by atoms with Crippen LogP contribution in [0, 0.1) is 0 Å². The standard InChI is InChI=1S/C30H31ClN4O9S/c1-17(36)41-13-12-40-11-10-32-45(38,39)21-8-6-19(7-9-21)18-2-4-20(5-3-18)26-22(31)14-23-29(34-26)35-30(33-23)44-25-16-43-27-24(37)15-42-28(25)27/h2-9,14,24-25,27-28,32,37H,10-13,15-16H2,1H3,(H,33,34,35)/t24-,25-,27-,28-/m1/s1. The highest BCUT2D eigenvalue weighted by molar-refractivity contribution is 7.89. The highest BCUT2D eigenvalue weighted by Crippen LogP contribution is 2.33. The quantitative estimate of drug-likeness (QED) is 0.151. The number of ether oxygens (including phenoxy) is 5. The average molecular weight is 659 g/mol. The predicted octanol–water partition coefficient (Wildman–Crippen LogP) is 2.71. The largest absolute Gasteiger partial charge is 0.463 e. The van der Waals surface area contributed by atoms with Crippen molar-refractivity contribution in [3.63, 3.8) is 0 Å². The molecule has 6 rings (SSSR count). The van der Waals surface area contributed by atoms with E-state index in [9.17, 15) is 18.3 Å². The van der Waals surface area contributed by atoms with E-state index in [1.54, 1.807) is 18.2 Å². The first kappa shape index (κ1) is 31.4. The molecule has 2 aromatic heterocycles. The average Bonchev–Trinajstić information content (AvgIpc) is 3.72. The molecule has 2 aliphatic heterocycles. The van der Waals surface area contributed by atoms with Gasteiger partial charge in [0.05, 0.1) is 47.6 Å². The lowest BCUT2D eigenvalue weighted by atomic mass is 10.0. The van der Waals surface area contributed by atoms with E-state index in [0.717, 1.165) is 16.7 Å². The number of imidazole rings is 1. The van der Waals surface area contributed by atoms with Gasteiger partial charge in [-0.3, -0.25) is 4.79 Å². The molecule has 2 aliphatic rings. The molecule has 0 unspecified atom stereocenters. The maximum Gasteiger partial charge on any atom is 0.302 e. The Bertz CT molecular complexity index is 1770. The summed E-state index contributed by atoms with van der Waals surface area (Å²) in [5.74, 6) is -0.398. The van der Waals surface area contributed by atoms with Crippen LogP contribution in [0.2, 0.25) is 5.02 Å². The number of carbonyl (C=O) groups excluding carboxylic acids is 1. The molecule has 0 amide bonds. The molecule has 2 fully saturated rings. The van der Waals surface area contributed by atoms with Crippen LogP contribution in [0.25, 0.3) is 33.5 Å². The summed E-state index contributed by atoms with van der Waals surface area (Å²) in [5.41, 5.74) is 4.05. The van der Waals surface area contributed by atoms with Gasteiger partial charge in [0.25, 0.3) is 6.01 Å². The summed E-state index contributed by atoms with van der Waals surface area (Å²) < 4.78 is 55.0. The van der Waals surface area contributed by atoms with Gasteiger partial charge in [0.15, 0.2) is 11.8 Å². The number of hydrogen-bond donors (Lipinski definition) is 3. The summed E-state index contributed by atoms with van der Waals surface area (Å²) in [6.07, 6.45) is -1.86. The molecule has 3 N–H and O–H groups in total. The molecule has 15 heteroatoms. The number of H-pyrrole nitrogens is 1. The minimum atomic E-state index is -3.72. The number of pyridine rings is 1. The van der Waals surface area contributed by atoms with E-state index < -0.39 is 34.3 Å². The lowest BCUT2D eigenvalue weighted by Crippen LogP contribution is -2.34. The summed E-state index contributed by atoms with van der Waals surface area (Å²) in [6.45, 7) is 2.32. The Morgan fingerprint density at radius 1 is 1.00 bits per heavy atom. The van der Waals surface area contributed by atoms with E-state index in [0.29, 0.717) is 21.9 Å². The number of carbonyl (C=O) groups is 1. The molecule has 4 heterocycles. The molecule has 2 saturated heterocycles. The zero-order chi connectivity index (χ0) is 31.6. The third-order valence-corrected chi connectivity index (χ3v) is 9.14. The minimum absolute atomic E-state index is 0.0803. The fourth-order valence-corrected chi connectivity index (χ4v) is 6.44. The second-order valence-corrected chi connectivity index (χ2v) is 12.7. The first-order valence-electron chi connectivity index (χ1n) is 14.2.